The molecule has 0 aromatic carbocycles. The Labute approximate surface area is 193 Å². The monoisotopic (exact) mass is 466 g/mol. The maximum atomic E-state index is 17.2. The van der Waals surface area contributed by atoms with E-state index in [1.807, 2.05) is 13.8 Å². The summed E-state index contributed by atoms with van der Waals surface area (Å²) in [6.07, 6.45) is 0.867. The number of ketones is 2. The molecule has 4 aliphatic carbocycles. The molecule has 1 saturated heterocycles. The Kier molecular flexibility index (Phi) is 5.11. The van der Waals surface area contributed by atoms with Crippen LogP contribution in [-0.2, 0) is 19.1 Å². The summed E-state index contributed by atoms with van der Waals surface area (Å²) < 4.78 is 28.7. The van der Waals surface area contributed by atoms with Crippen molar-refractivity contribution in [3.8, 4) is 0 Å². The Morgan fingerprint density at radius 2 is 1.97 bits per heavy atom. The van der Waals surface area contributed by atoms with Gasteiger partial charge in [-0.05, 0) is 51.0 Å². The largest absolute Gasteiger partial charge is 0.390 e. The molecule has 1 heterocycles. The zero-order valence-corrected chi connectivity index (χ0v) is 19.6. The standard InChI is InChI=1S/C25H35FO7/c1-21(13-33-21)12-32-20-9-17-16-5-4-14-8-15(28)6-7-22(14,2)24(16,26)18(29)10-23(17,3)25(20,31)19(30)11-27/h8,16-18,20,27,29,31H,4-7,9-13H2,1-3H3/t16-,17-,18-,20+,21?,22-,23-,24?,25+/m0/s1. The predicted molar refractivity (Wildman–Crippen MR) is 115 cm³/mol. The van der Waals surface area contributed by atoms with E-state index in [0.717, 1.165) is 5.57 Å². The average Bonchev–Trinajstić information content (AvgIpc) is 3.46. The number of carbonyl (C=O) groups is 2. The molecule has 9 atom stereocenters. The van der Waals surface area contributed by atoms with Crippen molar-refractivity contribution in [3.63, 3.8) is 0 Å². The van der Waals surface area contributed by atoms with Crippen molar-refractivity contribution < 1.29 is 38.8 Å². The van der Waals surface area contributed by atoms with Gasteiger partial charge < -0.3 is 24.8 Å². The third kappa shape index (κ3) is 2.91. The summed E-state index contributed by atoms with van der Waals surface area (Å²) in [4.78, 5) is 25.0. The van der Waals surface area contributed by atoms with Crippen molar-refractivity contribution in [2.75, 3.05) is 19.8 Å². The minimum absolute atomic E-state index is 0.00676. The van der Waals surface area contributed by atoms with E-state index in [4.69, 9.17) is 9.47 Å². The van der Waals surface area contributed by atoms with Crippen LogP contribution in [-0.4, -0.2) is 75.8 Å². The summed E-state index contributed by atoms with van der Waals surface area (Å²) in [5.74, 6) is -1.81. The van der Waals surface area contributed by atoms with E-state index >= 15 is 4.39 Å². The van der Waals surface area contributed by atoms with E-state index in [0.29, 0.717) is 25.9 Å². The number of rotatable bonds is 5. The van der Waals surface area contributed by atoms with Crippen LogP contribution in [0.5, 0.6) is 0 Å². The van der Waals surface area contributed by atoms with Crippen LogP contribution in [0, 0.1) is 22.7 Å². The molecule has 2 unspecified atom stereocenters. The number of alkyl halides is 1. The molecule has 7 nitrogen and oxygen atoms in total. The Bertz CT molecular complexity index is 914. The van der Waals surface area contributed by atoms with E-state index in [2.05, 4.69) is 0 Å². The van der Waals surface area contributed by atoms with Crippen LogP contribution >= 0.6 is 0 Å². The van der Waals surface area contributed by atoms with Crippen molar-refractivity contribution in [1.82, 2.24) is 0 Å². The predicted octanol–water partition coefficient (Wildman–Crippen LogP) is 1.66. The first-order chi connectivity index (χ1) is 15.4. The highest BCUT2D eigenvalue weighted by molar-refractivity contribution is 5.92. The van der Waals surface area contributed by atoms with Gasteiger partial charge in [-0.25, -0.2) is 4.39 Å². The number of halogens is 1. The number of allylic oxidation sites excluding steroid dienone is 1. The minimum Gasteiger partial charge on any atom is -0.390 e. The Morgan fingerprint density at radius 1 is 1.27 bits per heavy atom. The van der Waals surface area contributed by atoms with Crippen LogP contribution in [0.3, 0.4) is 0 Å². The van der Waals surface area contributed by atoms with E-state index in [1.165, 1.54) is 0 Å². The number of hydrogen-bond acceptors (Lipinski definition) is 7. The van der Waals surface area contributed by atoms with Gasteiger partial charge in [0.05, 0.1) is 25.4 Å². The molecule has 1 aliphatic heterocycles. The lowest BCUT2D eigenvalue weighted by Crippen LogP contribution is -2.70. The topological polar surface area (TPSA) is 117 Å². The second kappa shape index (κ2) is 7.17. The van der Waals surface area contributed by atoms with Crippen LogP contribution in [0.15, 0.2) is 11.6 Å². The lowest BCUT2D eigenvalue weighted by atomic mass is 9.44. The Balaban J connectivity index is 1.56. The fourth-order valence-electron chi connectivity index (χ4n) is 7.85. The number of aliphatic hydroxyl groups is 3. The van der Waals surface area contributed by atoms with Gasteiger partial charge in [0.1, 0.15) is 17.9 Å². The van der Waals surface area contributed by atoms with Gasteiger partial charge >= 0.3 is 0 Å². The van der Waals surface area contributed by atoms with Gasteiger partial charge in [-0.1, -0.05) is 19.4 Å². The second-order valence-electron chi connectivity index (χ2n) is 11.7. The first kappa shape index (κ1) is 23.5. The van der Waals surface area contributed by atoms with Crippen molar-refractivity contribution in [3.05, 3.63) is 11.6 Å². The molecular formula is C25H35FO7. The molecule has 0 amide bonds. The normalized spacial score (nSPS) is 53.1. The van der Waals surface area contributed by atoms with Gasteiger partial charge in [-0.2, -0.15) is 0 Å². The zero-order valence-electron chi connectivity index (χ0n) is 19.6. The van der Waals surface area contributed by atoms with E-state index in [1.54, 1.807) is 13.0 Å². The number of ether oxygens (including phenoxy) is 2. The third-order valence-electron chi connectivity index (χ3n) is 10.0. The number of epoxide rings is 1. The van der Waals surface area contributed by atoms with Crippen molar-refractivity contribution in [1.29, 1.82) is 0 Å². The van der Waals surface area contributed by atoms with Gasteiger partial charge in [0, 0.05) is 23.2 Å². The number of hydrogen-bond donors (Lipinski definition) is 3. The summed E-state index contributed by atoms with van der Waals surface area (Å²) in [6.45, 7) is 5.25. The lowest BCUT2D eigenvalue weighted by molar-refractivity contribution is -0.232. The van der Waals surface area contributed by atoms with Crippen molar-refractivity contribution in [2.24, 2.45) is 22.7 Å². The van der Waals surface area contributed by atoms with Crippen molar-refractivity contribution in [2.45, 2.75) is 88.4 Å². The first-order valence-electron chi connectivity index (χ1n) is 12.1. The lowest BCUT2D eigenvalue weighted by Gasteiger charge is -2.63. The number of carbonyl (C=O) groups excluding carboxylic acids is 2. The van der Waals surface area contributed by atoms with Crippen LogP contribution in [0.1, 0.15) is 59.3 Å². The molecule has 184 valence electrons. The van der Waals surface area contributed by atoms with Crippen molar-refractivity contribution >= 4 is 11.6 Å². The van der Waals surface area contributed by atoms with Gasteiger partial charge in [0.15, 0.2) is 17.2 Å². The molecule has 33 heavy (non-hydrogen) atoms. The SMILES string of the molecule is CC1(CO[C@@H]2C[C@H]3[C@@H]4CCC5=CC(=O)CC[C@]5(C)C4(F)[C@@H](O)C[C@]3(C)[C@@]2(O)C(=O)CO)CO1. The molecule has 0 radical (unpaired) electrons. The summed E-state index contributed by atoms with van der Waals surface area (Å²) in [5.41, 5.74) is -5.87. The van der Waals surface area contributed by atoms with Crippen LogP contribution in [0.4, 0.5) is 4.39 Å². The maximum Gasteiger partial charge on any atom is 0.192 e. The molecule has 5 rings (SSSR count). The summed E-state index contributed by atoms with van der Waals surface area (Å²) in [7, 11) is 0. The highest BCUT2D eigenvalue weighted by Crippen LogP contribution is 2.70. The van der Waals surface area contributed by atoms with Crippen LogP contribution in [0.2, 0.25) is 0 Å². The van der Waals surface area contributed by atoms with Crippen LogP contribution in [0.25, 0.3) is 0 Å². The molecule has 0 aromatic rings. The fraction of sp³-hybridized carbons (Fsp3) is 0.840. The highest BCUT2D eigenvalue weighted by Gasteiger charge is 2.76. The average molecular weight is 467 g/mol. The summed E-state index contributed by atoms with van der Waals surface area (Å²) in [5, 5.41) is 32.9. The van der Waals surface area contributed by atoms with Gasteiger partial charge in [-0.15, -0.1) is 0 Å². The van der Waals surface area contributed by atoms with E-state index in [-0.39, 0.29) is 31.7 Å². The Hall–Kier alpha value is -1.19. The molecule has 8 heteroatoms. The molecule has 0 spiro atoms. The number of Topliss-reactive ketones (excluding diaryl/α,β-unsaturated/α-hetero) is 1. The fourth-order valence-corrected chi connectivity index (χ4v) is 7.85. The first-order valence-corrected chi connectivity index (χ1v) is 12.1. The number of aliphatic hydroxyl groups excluding tert-OH is 2. The van der Waals surface area contributed by atoms with E-state index in [9.17, 15) is 24.9 Å². The summed E-state index contributed by atoms with van der Waals surface area (Å²) >= 11 is 0. The van der Waals surface area contributed by atoms with Gasteiger partial charge in [-0.3, -0.25) is 9.59 Å². The van der Waals surface area contributed by atoms with Gasteiger partial charge in [0.25, 0.3) is 0 Å². The summed E-state index contributed by atoms with van der Waals surface area (Å²) in [6, 6.07) is 0. The molecule has 0 bridgehead atoms. The molecule has 0 aromatic heterocycles. The second-order valence-corrected chi connectivity index (χ2v) is 11.7. The molecule has 5 aliphatic rings. The molecular weight excluding hydrogens is 431 g/mol. The molecule has 3 saturated carbocycles. The number of fused-ring (bicyclic) bond motifs is 5. The smallest absolute Gasteiger partial charge is 0.192 e. The van der Waals surface area contributed by atoms with Crippen LogP contribution < -0.4 is 0 Å². The third-order valence-corrected chi connectivity index (χ3v) is 10.0. The maximum absolute atomic E-state index is 17.2. The van der Waals surface area contributed by atoms with Gasteiger partial charge in [0.2, 0.25) is 0 Å². The Morgan fingerprint density at radius 3 is 2.61 bits per heavy atom. The molecule has 3 N–H and O–H groups in total. The quantitative estimate of drug-likeness (QED) is 0.528. The van der Waals surface area contributed by atoms with E-state index < -0.39 is 64.1 Å². The molecule has 4 fully saturated rings. The minimum atomic E-state index is -2.04. The highest BCUT2D eigenvalue weighted by atomic mass is 19.1. The zero-order chi connectivity index (χ0) is 24.0.